The molecule has 2 aliphatic rings. The van der Waals surface area contributed by atoms with E-state index in [1.165, 1.54) is 0 Å². The Hall–Kier alpha value is -1.27. The van der Waals surface area contributed by atoms with E-state index in [2.05, 4.69) is 78.6 Å². The van der Waals surface area contributed by atoms with Crippen molar-refractivity contribution < 1.29 is 18.6 Å². The third-order valence-corrected chi connectivity index (χ3v) is 6.80. The van der Waals surface area contributed by atoms with Crippen LogP contribution >= 0.6 is 0 Å². The van der Waals surface area contributed by atoms with Gasteiger partial charge in [-0.15, -0.1) is 0 Å². The highest BCUT2D eigenvalue weighted by Crippen LogP contribution is 2.38. The van der Waals surface area contributed by atoms with Crippen LogP contribution in [0.2, 0.25) is 0 Å². The van der Waals surface area contributed by atoms with Crippen LogP contribution in [-0.4, -0.2) is 41.6 Å². The topological polar surface area (TPSA) is 52.7 Å². The Morgan fingerprint density at radius 3 is 1.52 bits per heavy atom. The van der Waals surface area contributed by atoms with Crippen LogP contribution in [0.1, 0.15) is 55.4 Å². The van der Waals surface area contributed by atoms with E-state index in [-0.39, 0.29) is 22.4 Å². The zero-order valence-corrected chi connectivity index (χ0v) is 17.6. The highest BCUT2D eigenvalue weighted by Gasteiger charge is 2.54. The largest absolute Gasteiger partial charge is 0.496 e. The molecule has 2 aliphatic heterocycles. The van der Waals surface area contributed by atoms with Gasteiger partial charge in [-0.25, -0.2) is 0 Å². The fourth-order valence-electron chi connectivity index (χ4n) is 3.54. The molecule has 5 nitrogen and oxygen atoms in total. The molecule has 144 valence electrons. The summed E-state index contributed by atoms with van der Waals surface area (Å²) in [6.07, 6.45) is 1.94. The predicted octanol–water partition coefficient (Wildman–Crippen LogP) is 2.77. The Bertz CT molecular complexity index is 785. The summed E-state index contributed by atoms with van der Waals surface area (Å²) < 4.78 is 25.0. The minimum absolute atomic E-state index is 0.370. The van der Waals surface area contributed by atoms with E-state index >= 15 is 0 Å². The summed E-state index contributed by atoms with van der Waals surface area (Å²) in [5.74, 6) is 0. The lowest BCUT2D eigenvalue weighted by Crippen LogP contribution is -2.41. The van der Waals surface area contributed by atoms with Gasteiger partial charge in [0.25, 0.3) is 0 Å². The fraction of sp³-hybridized carbons (Fsp3) is 0.600. The number of fused-ring (bicyclic) bond motifs is 1. The van der Waals surface area contributed by atoms with Crippen molar-refractivity contribution in [3.63, 3.8) is 0 Å². The van der Waals surface area contributed by atoms with Gasteiger partial charge in [-0.1, -0.05) is 12.1 Å². The van der Waals surface area contributed by atoms with Crippen LogP contribution in [0.15, 0.2) is 24.4 Å². The number of hydrogen-bond acceptors (Lipinski definition) is 4. The third-order valence-electron chi connectivity index (χ3n) is 6.80. The van der Waals surface area contributed by atoms with Gasteiger partial charge in [0.05, 0.1) is 22.4 Å². The third kappa shape index (κ3) is 2.79. The van der Waals surface area contributed by atoms with E-state index in [4.69, 9.17) is 18.6 Å². The van der Waals surface area contributed by atoms with Crippen molar-refractivity contribution in [3.8, 4) is 0 Å². The van der Waals surface area contributed by atoms with Crippen molar-refractivity contribution in [2.24, 2.45) is 0 Å². The van der Waals surface area contributed by atoms with Crippen molar-refractivity contribution >= 4 is 36.1 Å². The molecule has 1 aromatic carbocycles. The molecule has 0 spiro atoms. The van der Waals surface area contributed by atoms with Crippen LogP contribution in [0, 0.1) is 0 Å². The van der Waals surface area contributed by atoms with Gasteiger partial charge in [-0.05, 0) is 72.3 Å². The van der Waals surface area contributed by atoms with E-state index in [0.29, 0.717) is 0 Å². The molecule has 27 heavy (non-hydrogen) atoms. The smallest absolute Gasteiger partial charge is 0.399 e. The fourth-order valence-corrected chi connectivity index (χ4v) is 3.54. The second kappa shape index (κ2) is 5.63. The Kier molecular flexibility index (Phi) is 3.98. The zero-order chi connectivity index (χ0) is 19.8. The average Bonchev–Trinajstić information content (AvgIpc) is 3.13. The molecule has 2 fully saturated rings. The first kappa shape index (κ1) is 19.1. The summed E-state index contributed by atoms with van der Waals surface area (Å²) in [4.78, 5) is 3.35. The normalized spacial score (nSPS) is 25.5. The van der Waals surface area contributed by atoms with E-state index in [1.807, 2.05) is 6.20 Å². The maximum atomic E-state index is 6.26. The molecule has 0 unspecified atom stereocenters. The van der Waals surface area contributed by atoms with Crippen molar-refractivity contribution in [2.75, 3.05) is 0 Å². The number of benzene rings is 1. The van der Waals surface area contributed by atoms with Gasteiger partial charge >= 0.3 is 14.2 Å². The van der Waals surface area contributed by atoms with Gasteiger partial charge in [-0.3, -0.25) is 0 Å². The molecule has 4 rings (SSSR count). The molecular formula is C20H29B2NO4. The molecule has 2 saturated heterocycles. The Morgan fingerprint density at radius 1 is 0.630 bits per heavy atom. The molecule has 0 radical (unpaired) electrons. The van der Waals surface area contributed by atoms with Crippen molar-refractivity contribution in [3.05, 3.63) is 24.4 Å². The summed E-state index contributed by atoms with van der Waals surface area (Å²) in [5.41, 5.74) is 1.52. The van der Waals surface area contributed by atoms with E-state index < -0.39 is 14.2 Å². The predicted molar refractivity (Wildman–Crippen MR) is 110 cm³/mol. The molecule has 3 heterocycles. The lowest BCUT2D eigenvalue weighted by molar-refractivity contribution is 0.00578. The molecule has 0 atom stereocenters. The maximum absolute atomic E-state index is 6.26. The number of aromatic nitrogens is 1. The minimum Gasteiger partial charge on any atom is -0.399 e. The van der Waals surface area contributed by atoms with Gasteiger partial charge < -0.3 is 23.6 Å². The molecule has 2 aromatic rings. The van der Waals surface area contributed by atoms with E-state index in [9.17, 15) is 0 Å². The number of hydrogen-bond donors (Lipinski definition) is 1. The van der Waals surface area contributed by atoms with Crippen LogP contribution in [0.5, 0.6) is 0 Å². The van der Waals surface area contributed by atoms with Gasteiger partial charge in [0.2, 0.25) is 0 Å². The Morgan fingerprint density at radius 2 is 1.04 bits per heavy atom. The summed E-state index contributed by atoms with van der Waals surface area (Å²) in [6.45, 7) is 16.5. The second-order valence-corrected chi connectivity index (χ2v) is 9.69. The molecule has 0 aliphatic carbocycles. The first-order valence-electron chi connectivity index (χ1n) is 9.66. The van der Waals surface area contributed by atoms with Crippen molar-refractivity contribution in [1.29, 1.82) is 0 Å². The number of H-pyrrole nitrogens is 1. The van der Waals surface area contributed by atoms with Crippen LogP contribution in [-0.2, 0) is 18.6 Å². The van der Waals surface area contributed by atoms with Gasteiger partial charge in [0.15, 0.2) is 0 Å². The quantitative estimate of drug-likeness (QED) is 0.828. The minimum atomic E-state index is -0.413. The number of rotatable bonds is 2. The second-order valence-electron chi connectivity index (χ2n) is 9.69. The molecule has 0 saturated carbocycles. The average molecular weight is 369 g/mol. The Balaban J connectivity index is 1.73. The molecule has 1 N–H and O–H groups in total. The lowest BCUT2D eigenvalue weighted by Gasteiger charge is -2.32. The summed E-state index contributed by atoms with van der Waals surface area (Å²) >= 11 is 0. The summed E-state index contributed by atoms with van der Waals surface area (Å²) in [7, 11) is -0.816. The lowest BCUT2D eigenvalue weighted by atomic mass is 9.71. The zero-order valence-electron chi connectivity index (χ0n) is 17.6. The van der Waals surface area contributed by atoms with Crippen molar-refractivity contribution in [2.45, 2.75) is 77.8 Å². The summed E-state index contributed by atoms with van der Waals surface area (Å²) in [6, 6.07) is 6.19. The Labute approximate surface area is 162 Å². The molecule has 1 aromatic heterocycles. The highest BCUT2D eigenvalue weighted by atomic mass is 16.7. The SMILES string of the molecule is CC1(C)OB(c2ccc(B3OC(C)(C)C(C)(C)O3)c3[nH]ccc23)OC1(C)C. The van der Waals surface area contributed by atoms with E-state index in [1.54, 1.807) is 0 Å². The molecule has 0 amide bonds. The monoisotopic (exact) mass is 369 g/mol. The van der Waals surface area contributed by atoms with Gasteiger partial charge in [0.1, 0.15) is 0 Å². The van der Waals surface area contributed by atoms with Gasteiger partial charge in [-0.2, -0.15) is 0 Å². The molecule has 0 bridgehead atoms. The number of nitrogens with one attached hydrogen (secondary N) is 1. The highest BCUT2D eigenvalue weighted by molar-refractivity contribution is 6.68. The molecule has 7 heteroatoms. The molecular weight excluding hydrogens is 340 g/mol. The first-order chi connectivity index (χ1) is 12.3. The standard InChI is InChI=1S/C20H29B2NO4/c1-17(2)18(3,4)25-21(24-17)14-9-10-15(16-13(14)11-12-23-16)22-26-19(5,6)20(7,8)27-22/h9-12,23H,1-8H3. The van der Waals surface area contributed by atoms with Crippen LogP contribution in [0.4, 0.5) is 0 Å². The maximum Gasteiger partial charge on any atom is 0.496 e. The first-order valence-corrected chi connectivity index (χ1v) is 9.66. The van der Waals surface area contributed by atoms with Crippen LogP contribution < -0.4 is 10.9 Å². The van der Waals surface area contributed by atoms with Crippen molar-refractivity contribution in [1.82, 2.24) is 4.98 Å². The van der Waals surface area contributed by atoms with Crippen LogP contribution in [0.3, 0.4) is 0 Å². The summed E-state index contributed by atoms with van der Waals surface area (Å²) in [5, 5.41) is 1.07. The number of aromatic amines is 1. The van der Waals surface area contributed by atoms with E-state index in [0.717, 1.165) is 21.8 Å². The van der Waals surface area contributed by atoms with Gasteiger partial charge in [0, 0.05) is 17.2 Å². The van der Waals surface area contributed by atoms with Crippen LogP contribution in [0.25, 0.3) is 10.9 Å².